The van der Waals surface area contributed by atoms with Crippen molar-refractivity contribution in [3.05, 3.63) is 0 Å². The Labute approximate surface area is 119 Å². The number of carbonyl (C=O) groups is 2. The number of rotatable bonds is 4. The lowest BCUT2D eigenvalue weighted by molar-refractivity contribution is -0.154. The van der Waals surface area contributed by atoms with Crippen LogP contribution in [0.25, 0.3) is 0 Å². The normalized spacial score (nSPS) is 29.6. The van der Waals surface area contributed by atoms with Gasteiger partial charge in [0, 0.05) is 12.5 Å². The van der Waals surface area contributed by atoms with Gasteiger partial charge in [0.1, 0.15) is 0 Å². The number of hydrogen-bond acceptors (Lipinski definition) is 3. The third kappa shape index (κ3) is 3.72. The van der Waals surface area contributed by atoms with Gasteiger partial charge in [-0.25, -0.2) is 0 Å². The van der Waals surface area contributed by atoms with Crippen LogP contribution in [0.4, 0.5) is 0 Å². The van der Waals surface area contributed by atoms with Crippen LogP contribution in [0, 0.1) is 5.41 Å². The molecule has 2 rings (SSSR count). The van der Waals surface area contributed by atoms with Gasteiger partial charge in [-0.05, 0) is 38.5 Å². The topological polar surface area (TPSA) is 86.6 Å². The third-order valence-corrected chi connectivity index (χ3v) is 4.77. The van der Waals surface area contributed by atoms with Gasteiger partial charge in [0.15, 0.2) is 0 Å². The first-order valence-electron chi connectivity index (χ1n) is 7.73. The molecule has 2 fully saturated rings. The number of aliphatic hydroxyl groups excluding tert-OH is 1. The molecule has 0 bridgehead atoms. The van der Waals surface area contributed by atoms with Gasteiger partial charge in [-0.15, -0.1) is 0 Å². The van der Waals surface area contributed by atoms with E-state index in [4.69, 9.17) is 0 Å². The predicted octanol–water partition coefficient (Wildman–Crippen LogP) is 1.83. The summed E-state index contributed by atoms with van der Waals surface area (Å²) < 4.78 is 0. The van der Waals surface area contributed by atoms with Crippen LogP contribution in [-0.2, 0) is 9.59 Å². The van der Waals surface area contributed by atoms with Crippen LogP contribution in [0.2, 0.25) is 0 Å². The van der Waals surface area contributed by atoms with E-state index < -0.39 is 11.4 Å². The molecule has 0 radical (unpaired) electrons. The standard InChI is InChI=1S/C15H25NO4/c17-12-6-4-5-11(9-12)16-13(18)10-15(14(19)20)7-2-1-3-8-15/h11-12,17H,1-10H2,(H,16,18)(H,19,20). The van der Waals surface area contributed by atoms with E-state index in [9.17, 15) is 19.8 Å². The second kappa shape index (κ2) is 6.57. The van der Waals surface area contributed by atoms with Crippen LogP contribution in [0.3, 0.4) is 0 Å². The smallest absolute Gasteiger partial charge is 0.310 e. The molecule has 0 saturated heterocycles. The molecule has 5 heteroatoms. The number of carboxylic acids is 1. The van der Waals surface area contributed by atoms with Gasteiger partial charge in [-0.1, -0.05) is 19.3 Å². The number of carboxylic acid groups (broad SMARTS) is 1. The third-order valence-electron chi connectivity index (χ3n) is 4.77. The van der Waals surface area contributed by atoms with E-state index in [0.717, 1.165) is 38.5 Å². The van der Waals surface area contributed by atoms with Crippen molar-refractivity contribution in [3.63, 3.8) is 0 Å². The Hall–Kier alpha value is -1.10. The zero-order valence-corrected chi connectivity index (χ0v) is 11.9. The monoisotopic (exact) mass is 283 g/mol. The molecule has 2 aliphatic rings. The molecule has 1 amide bonds. The molecular formula is C15H25NO4. The molecule has 2 aliphatic carbocycles. The molecule has 2 unspecified atom stereocenters. The second-order valence-corrected chi connectivity index (χ2v) is 6.41. The lowest BCUT2D eigenvalue weighted by atomic mass is 9.71. The minimum Gasteiger partial charge on any atom is -0.481 e. The Morgan fingerprint density at radius 1 is 1.10 bits per heavy atom. The van der Waals surface area contributed by atoms with Gasteiger partial charge in [0.2, 0.25) is 5.91 Å². The van der Waals surface area contributed by atoms with Crippen LogP contribution < -0.4 is 5.32 Å². The van der Waals surface area contributed by atoms with E-state index in [1.54, 1.807) is 0 Å². The fourth-order valence-corrected chi connectivity index (χ4v) is 3.58. The molecule has 0 aromatic rings. The number of aliphatic hydroxyl groups is 1. The summed E-state index contributed by atoms with van der Waals surface area (Å²) in [5.41, 5.74) is -0.865. The highest BCUT2D eigenvalue weighted by Crippen LogP contribution is 2.39. The minimum atomic E-state index is -0.865. The van der Waals surface area contributed by atoms with Crippen LogP contribution >= 0.6 is 0 Å². The molecule has 20 heavy (non-hydrogen) atoms. The maximum absolute atomic E-state index is 12.1. The average Bonchev–Trinajstić information content (AvgIpc) is 2.39. The van der Waals surface area contributed by atoms with Crippen molar-refractivity contribution in [2.45, 2.75) is 76.4 Å². The molecule has 2 atom stereocenters. The summed E-state index contributed by atoms with van der Waals surface area (Å²) in [6.45, 7) is 0. The summed E-state index contributed by atoms with van der Waals surface area (Å²) in [6.07, 6.45) is 6.96. The highest BCUT2D eigenvalue weighted by molar-refractivity contribution is 5.85. The summed E-state index contributed by atoms with van der Waals surface area (Å²) in [4.78, 5) is 23.7. The number of aliphatic carboxylic acids is 1. The Bertz CT molecular complexity index is 363. The van der Waals surface area contributed by atoms with Crippen molar-refractivity contribution in [2.75, 3.05) is 0 Å². The molecule has 114 valence electrons. The number of amides is 1. The maximum Gasteiger partial charge on any atom is 0.310 e. The van der Waals surface area contributed by atoms with E-state index in [1.807, 2.05) is 0 Å². The molecule has 0 aromatic heterocycles. The second-order valence-electron chi connectivity index (χ2n) is 6.41. The molecule has 3 N–H and O–H groups in total. The van der Waals surface area contributed by atoms with Crippen LogP contribution in [0.15, 0.2) is 0 Å². The Morgan fingerprint density at radius 2 is 1.80 bits per heavy atom. The number of hydrogen-bond donors (Lipinski definition) is 3. The van der Waals surface area contributed by atoms with Crippen molar-refractivity contribution in [3.8, 4) is 0 Å². The van der Waals surface area contributed by atoms with E-state index in [0.29, 0.717) is 19.3 Å². The van der Waals surface area contributed by atoms with Gasteiger partial charge in [0.25, 0.3) is 0 Å². The van der Waals surface area contributed by atoms with E-state index in [-0.39, 0.29) is 24.5 Å². The first-order chi connectivity index (χ1) is 9.52. The zero-order valence-electron chi connectivity index (χ0n) is 11.9. The summed E-state index contributed by atoms with van der Waals surface area (Å²) in [5.74, 6) is -1.01. The van der Waals surface area contributed by atoms with Gasteiger partial charge < -0.3 is 15.5 Å². The molecule has 0 aliphatic heterocycles. The van der Waals surface area contributed by atoms with Gasteiger partial charge in [-0.3, -0.25) is 9.59 Å². The van der Waals surface area contributed by atoms with Crippen molar-refractivity contribution < 1.29 is 19.8 Å². The largest absolute Gasteiger partial charge is 0.481 e. The van der Waals surface area contributed by atoms with Crippen molar-refractivity contribution in [1.29, 1.82) is 0 Å². The number of carbonyl (C=O) groups excluding carboxylic acids is 1. The molecule has 0 spiro atoms. The summed E-state index contributed by atoms with van der Waals surface area (Å²) in [7, 11) is 0. The van der Waals surface area contributed by atoms with Crippen molar-refractivity contribution >= 4 is 11.9 Å². The fraction of sp³-hybridized carbons (Fsp3) is 0.867. The van der Waals surface area contributed by atoms with Crippen LogP contribution in [0.5, 0.6) is 0 Å². The molecule has 2 saturated carbocycles. The SMILES string of the molecule is O=C(CC1(C(=O)O)CCCCC1)NC1CCCC(O)C1. The van der Waals surface area contributed by atoms with E-state index >= 15 is 0 Å². The van der Waals surface area contributed by atoms with Gasteiger partial charge >= 0.3 is 5.97 Å². The summed E-state index contributed by atoms with van der Waals surface area (Å²) in [5, 5.41) is 22.0. The highest BCUT2D eigenvalue weighted by atomic mass is 16.4. The first-order valence-corrected chi connectivity index (χ1v) is 7.73. The maximum atomic E-state index is 12.1. The Balaban J connectivity index is 1.90. The molecule has 0 aromatic carbocycles. The van der Waals surface area contributed by atoms with Crippen LogP contribution in [-0.4, -0.2) is 34.2 Å². The van der Waals surface area contributed by atoms with Gasteiger partial charge in [0.05, 0.1) is 11.5 Å². The predicted molar refractivity (Wildman–Crippen MR) is 74.2 cm³/mol. The zero-order chi connectivity index (χ0) is 14.6. The lowest BCUT2D eigenvalue weighted by Gasteiger charge is -2.33. The minimum absolute atomic E-state index is 0.000635. The Morgan fingerprint density at radius 3 is 2.40 bits per heavy atom. The summed E-state index contributed by atoms with van der Waals surface area (Å²) in [6, 6.07) is 0.000635. The first kappa shape index (κ1) is 15.3. The molecule has 0 heterocycles. The van der Waals surface area contributed by atoms with E-state index in [2.05, 4.69) is 5.32 Å². The number of nitrogens with one attached hydrogen (secondary N) is 1. The highest BCUT2D eigenvalue weighted by Gasteiger charge is 2.41. The van der Waals surface area contributed by atoms with Crippen molar-refractivity contribution in [2.24, 2.45) is 5.41 Å². The molecular weight excluding hydrogens is 258 g/mol. The van der Waals surface area contributed by atoms with E-state index in [1.165, 1.54) is 0 Å². The van der Waals surface area contributed by atoms with Gasteiger partial charge in [-0.2, -0.15) is 0 Å². The quantitative estimate of drug-likeness (QED) is 0.734. The van der Waals surface area contributed by atoms with Crippen LogP contribution in [0.1, 0.15) is 64.2 Å². The summed E-state index contributed by atoms with van der Waals surface area (Å²) >= 11 is 0. The average molecular weight is 283 g/mol. The van der Waals surface area contributed by atoms with Crippen molar-refractivity contribution in [1.82, 2.24) is 5.32 Å². The molecule has 5 nitrogen and oxygen atoms in total. The Kier molecular flexibility index (Phi) is 5.02. The fourth-order valence-electron chi connectivity index (χ4n) is 3.58. The lowest BCUT2D eigenvalue weighted by Crippen LogP contribution is -2.44.